The van der Waals surface area contributed by atoms with Gasteiger partial charge in [0.25, 0.3) is 0 Å². The predicted octanol–water partition coefficient (Wildman–Crippen LogP) is 15.4. The average molecular weight is 827 g/mol. The average Bonchev–Trinajstić information content (AvgIpc) is 4.16. The molecule has 0 N–H and O–H groups in total. The number of fused-ring (bicyclic) bond motifs is 20. The molecule has 13 aromatic rings. The van der Waals surface area contributed by atoms with Crippen molar-refractivity contribution in [3.63, 3.8) is 0 Å². The molecule has 0 atom stereocenters. The number of para-hydroxylation sites is 2. The van der Waals surface area contributed by atoms with Crippen LogP contribution in [0.3, 0.4) is 0 Å². The minimum absolute atomic E-state index is 0.0174. The van der Waals surface area contributed by atoms with E-state index in [4.69, 9.17) is 0 Å². The quantitative estimate of drug-likeness (QED) is 0.165. The zero-order chi connectivity index (χ0) is 42.7. The minimum Gasteiger partial charge on any atom is -0.312 e. The maximum Gasteiger partial charge on any atom is 0.0621 e. The number of hydrogen-bond donors (Lipinski definition) is 0. The molecule has 7 aromatic carbocycles. The van der Waals surface area contributed by atoms with Crippen molar-refractivity contribution in [2.45, 2.75) is 90.9 Å². The molecule has 2 aliphatic rings. The molecule has 4 heteroatoms. The lowest BCUT2D eigenvalue weighted by Crippen LogP contribution is -2.10. The Balaban J connectivity index is 1.20. The van der Waals surface area contributed by atoms with Gasteiger partial charge in [0.1, 0.15) is 0 Å². The van der Waals surface area contributed by atoms with Gasteiger partial charge in [-0.25, -0.2) is 0 Å². The summed E-state index contributed by atoms with van der Waals surface area (Å²) in [6.45, 7) is 14.1. The predicted molar refractivity (Wildman–Crippen MR) is 271 cm³/mol. The van der Waals surface area contributed by atoms with Crippen molar-refractivity contribution in [1.82, 2.24) is 17.9 Å². The Kier molecular flexibility index (Phi) is 6.50. The van der Waals surface area contributed by atoms with Gasteiger partial charge in [-0.15, -0.1) is 0 Å². The van der Waals surface area contributed by atoms with Crippen LogP contribution in [0.4, 0.5) is 0 Å². The van der Waals surface area contributed by atoms with E-state index in [0.717, 1.165) is 25.7 Å². The highest BCUT2D eigenvalue weighted by Gasteiger charge is 2.33. The molecule has 0 saturated carbocycles. The van der Waals surface area contributed by atoms with Gasteiger partial charge < -0.3 is 17.9 Å². The van der Waals surface area contributed by atoms with Crippen molar-refractivity contribution in [2.24, 2.45) is 0 Å². The standard InChI is InChI=1S/C60H50N4/c1-59(2,3)33-23-25-47-41(27-33)53-51(61(47)35-15-9-7-10-16-35)30-39-37-19-13-21-45(37)63-49-32-50-44(29-43(49)55(53)57(39)63)56-54-42-28-34(60(4,5)6)24-26-48(42)62(36-17-11-8-12-18-36)52(54)31-40-38-20-14-22-46(38)64(50)58(40)56/h7-12,15-18,23-32H,13-14,19-22H2,1-6H3. The van der Waals surface area contributed by atoms with Crippen molar-refractivity contribution in [3.8, 4) is 11.4 Å². The molecule has 4 nitrogen and oxygen atoms in total. The van der Waals surface area contributed by atoms with E-state index in [9.17, 15) is 0 Å². The fourth-order valence-corrected chi connectivity index (χ4v) is 13.1. The molecule has 0 aliphatic heterocycles. The highest BCUT2D eigenvalue weighted by molar-refractivity contribution is 6.37. The largest absolute Gasteiger partial charge is 0.312 e. The van der Waals surface area contributed by atoms with Gasteiger partial charge >= 0.3 is 0 Å². The fraction of sp³-hybridized carbons (Fsp3) is 0.233. The van der Waals surface area contributed by atoms with E-state index in [1.54, 1.807) is 11.1 Å². The second kappa shape index (κ2) is 11.7. The van der Waals surface area contributed by atoms with Crippen LogP contribution in [0.2, 0.25) is 0 Å². The first-order valence-electron chi connectivity index (χ1n) is 23.7. The molecule has 0 fully saturated rings. The lowest BCUT2D eigenvalue weighted by atomic mass is 9.86. The number of rotatable bonds is 2. The monoisotopic (exact) mass is 826 g/mol. The van der Waals surface area contributed by atoms with E-state index < -0.39 is 0 Å². The minimum atomic E-state index is 0.0174. The summed E-state index contributed by atoms with van der Waals surface area (Å²) in [5.41, 5.74) is 22.1. The summed E-state index contributed by atoms with van der Waals surface area (Å²) >= 11 is 0. The number of hydrogen-bond acceptors (Lipinski definition) is 0. The fourth-order valence-electron chi connectivity index (χ4n) is 13.1. The van der Waals surface area contributed by atoms with E-state index in [-0.39, 0.29) is 10.8 Å². The van der Waals surface area contributed by atoms with Crippen molar-refractivity contribution in [2.75, 3.05) is 0 Å². The third-order valence-electron chi connectivity index (χ3n) is 16.0. The van der Waals surface area contributed by atoms with Crippen LogP contribution < -0.4 is 0 Å². The Bertz CT molecular complexity index is 3900. The zero-order valence-corrected chi connectivity index (χ0v) is 37.6. The number of benzene rings is 7. The van der Waals surface area contributed by atoms with Crippen LogP contribution in [0.5, 0.6) is 0 Å². The number of nitrogens with zero attached hydrogens (tertiary/aromatic N) is 4. The SMILES string of the molecule is CC(C)(C)c1ccc2c(c1)c1c3c4cc5c6c7c8cc(C(C)(C)C)ccc8n(-c8ccccc8)c7cc7c8c(n(c5cc4n4c5c(c(cc1n2-c1ccccc1)c34)CCC5)c76)CCC8. The van der Waals surface area contributed by atoms with Crippen LogP contribution in [-0.2, 0) is 36.5 Å². The molecular formula is C60H50N4. The van der Waals surface area contributed by atoms with Crippen molar-refractivity contribution < 1.29 is 0 Å². The molecule has 0 bridgehead atoms. The zero-order valence-electron chi connectivity index (χ0n) is 37.6. The van der Waals surface area contributed by atoms with Gasteiger partial charge in [0.05, 0.1) is 44.1 Å². The van der Waals surface area contributed by atoms with Gasteiger partial charge in [0.15, 0.2) is 0 Å². The maximum absolute atomic E-state index is 2.73. The summed E-state index contributed by atoms with van der Waals surface area (Å²) in [4.78, 5) is 0. The van der Waals surface area contributed by atoms with Crippen LogP contribution in [0.25, 0.3) is 109 Å². The highest BCUT2D eigenvalue weighted by atomic mass is 15.0. The first-order valence-corrected chi connectivity index (χ1v) is 23.7. The van der Waals surface area contributed by atoms with E-state index in [1.165, 1.54) is 145 Å². The smallest absolute Gasteiger partial charge is 0.0621 e. The van der Waals surface area contributed by atoms with E-state index >= 15 is 0 Å². The highest BCUT2D eigenvalue weighted by Crippen LogP contribution is 2.52. The number of aryl methyl sites for hydroxylation is 4. The Morgan fingerprint density at radius 3 is 1.20 bits per heavy atom. The second-order valence-corrected chi connectivity index (χ2v) is 21.5. The lowest BCUT2D eigenvalue weighted by molar-refractivity contribution is 0.591. The Labute approximate surface area is 371 Å². The first kappa shape index (κ1) is 35.7. The third kappa shape index (κ3) is 4.26. The molecular weight excluding hydrogens is 777 g/mol. The molecule has 15 rings (SSSR count). The summed E-state index contributed by atoms with van der Waals surface area (Å²) in [7, 11) is 0. The van der Waals surface area contributed by atoms with Crippen molar-refractivity contribution >= 4 is 98.0 Å². The summed E-state index contributed by atoms with van der Waals surface area (Å²) < 4.78 is 10.6. The van der Waals surface area contributed by atoms with Crippen LogP contribution in [0.15, 0.2) is 121 Å². The Morgan fingerprint density at radius 1 is 0.359 bits per heavy atom. The molecule has 0 radical (unpaired) electrons. The lowest BCUT2D eigenvalue weighted by Gasteiger charge is -2.19. The second-order valence-electron chi connectivity index (χ2n) is 21.5. The van der Waals surface area contributed by atoms with Gasteiger partial charge in [-0.3, -0.25) is 0 Å². The van der Waals surface area contributed by atoms with Gasteiger partial charge in [-0.1, -0.05) is 90.1 Å². The van der Waals surface area contributed by atoms with Crippen LogP contribution in [-0.4, -0.2) is 17.9 Å². The molecule has 0 unspecified atom stereocenters. The molecule has 2 aliphatic carbocycles. The van der Waals surface area contributed by atoms with Crippen molar-refractivity contribution in [3.05, 3.63) is 155 Å². The van der Waals surface area contributed by atoms with Gasteiger partial charge in [-0.05, 0) is 144 Å². The van der Waals surface area contributed by atoms with Gasteiger partial charge in [0.2, 0.25) is 0 Å². The van der Waals surface area contributed by atoms with Gasteiger partial charge in [-0.2, -0.15) is 0 Å². The van der Waals surface area contributed by atoms with E-state index in [1.807, 2.05) is 0 Å². The van der Waals surface area contributed by atoms with Gasteiger partial charge in [0, 0.05) is 76.6 Å². The third-order valence-corrected chi connectivity index (χ3v) is 16.0. The number of aromatic nitrogens is 4. The van der Waals surface area contributed by atoms with E-state index in [2.05, 4.69) is 181 Å². The first-order chi connectivity index (χ1) is 31.0. The molecule has 0 spiro atoms. The summed E-state index contributed by atoms with van der Waals surface area (Å²) in [5.74, 6) is 0. The van der Waals surface area contributed by atoms with Crippen LogP contribution in [0.1, 0.15) is 88.0 Å². The molecule has 0 amide bonds. The summed E-state index contributed by atoms with van der Waals surface area (Å²) in [6, 6.07) is 47.2. The van der Waals surface area contributed by atoms with E-state index in [0.29, 0.717) is 0 Å². The molecule has 0 saturated heterocycles. The summed E-state index contributed by atoms with van der Waals surface area (Å²) in [6.07, 6.45) is 6.94. The van der Waals surface area contributed by atoms with Crippen LogP contribution in [0, 0.1) is 0 Å². The maximum atomic E-state index is 2.73. The Morgan fingerprint density at radius 2 is 0.781 bits per heavy atom. The molecule has 6 heterocycles. The molecule has 310 valence electrons. The van der Waals surface area contributed by atoms with Crippen LogP contribution >= 0.6 is 0 Å². The normalized spacial score (nSPS) is 15.0. The molecule has 6 aromatic heterocycles. The topological polar surface area (TPSA) is 18.7 Å². The van der Waals surface area contributed by atoms with Crippen molar-refractivity contribution in [1.29, 1.82) is 0 Å². The molecule has 64 heavy (non-hydrogen) atoms. The Hall–Kier alpha value is -6.78. The summed E-state index contributed by atoms with van der Waals surface area (Å²) in [5, 5.41) is 13.9.